The third-order valence-corrected chi connectivity index (χ3v) is 3.30. The van der Waals surface area contributed by atoms with E-state index >= 15 is 0 Å². The largest absolute Gasteiger partial charge is 0.494 e. The minimum Gasteiger partial charge on any atom is -0.494 e. The van der Waals surface area contributed by atoms with E-state index in [0.717, 1.165) is 11.3 Å². The van der Waals surface area contributed by atoms with E-state index in [0.29, 0.717) is 17.9 Å². The Morgan fingerprint density at radius 2 is 1.72 bits per heavy atom. The van der Waals surface area contributed by atoms with Gasteiger partial charge in [-0.3, -0.25) is 4.79 Å². The van der Waals surface area contributed by atoms with Crippen molar-refractivity contribution in [3.63, 3.8) is 0 Å². The van der Waals surface area contributed by atoms with Crippen LogP contribution in [0.4, 0.5) is 5.69 Å². The van der Waals surface area contributed by atoms with Crippen LogP contribution in [-0.2, 0) is 9.53 Å². The number of rotatable bonds is 7. The number of carbonyl (C=O) groups excluding carboxylic acids is 2. The minimum atomic E-state index is -0.464. The van der Waals surface area contributed by atoms with Gasteiger partial charge in [0.05, 0.1) is 24.5 Å². The summed E-state index contributed by atoms with van der Waals surface area (Å²) in [6, 6.07) is 14.2. The SMILES string of the molecule is CCOC(=O)c1ccccc1NC(=O)C=Cc1ccc(OCC)cc1. The first-order chi connectivity index (χ1) is 12.1. The molecular formula is C20H21NO4. The van der Waals surface area contributed by atoms with E-state index in [9.17, 15) is 9.59 Å². The van der Waals surface area contributed by atoms with Crippen molar-refractivity contribution >= 4 is 23.6 Å². The van der Waals surface area contributed by atoms with Gasteiger partial charge in [0.15, 0.2) is 0 Å². The maximum absolute atomic E-state index is 12.1. The molecule has 2 aromatic rings. The number of esters is 1. The van der Waals surface area contributed by atoms with Crippen LogP contribution < -0.4 is 10.1 Å². The fraction of sp³-hybridized carbons (Fsp3) is 0.200. The van der Waals surface area contributed by atoms with Crippen molar-refractivity contribution in [1.82, 2.24) is 0 Å². The molecule has 1 amide bonds. The molecule has 0 bridgehead atoms. The second kappa shape index (κ2) is 9.27. The molecule has 0 radical (unpaired) electrons. The second-order valence-electron chi connectivity index (χ2n) is 5.09. The van der Waals surface area contributed by atoms with Crippen LogP contribution >= 0.6 is 0 Å². The Morgan fingerprint density at radius 1 is 1.00 bits per heavy atom. The lowest BCUT2D eigenvalue weighted by Gasteiger charge is -2.08. The molecule has 0 saturated heterocycles. The average molecular weight is 339 g/mol. The van der Waals surface area contributed by atoms with Gasteiger partial charge in [0.1, 0.15) is 5.75 Å². The first-order valence-corrected chi connectivity index (χ1v) is 8.12. The highest BCUT2D eigenvalue weighted by Crippen LogP contribution is 2.17. The molecule has 0 aliphatic heterocycles. The Morgan fingerprint density at radius 3 is 2.40 bits per heavy atom. The number of carbonyl (C=O) groups is 2. The molecule has 0 atom stereocenters. The fourth-order valence-electron chi connectivity index (χ4n) is 2.17. The smallest absolute Gasteiger partial charge is 0.340 e. The molecule has 0 heterocycles. The highest BCUT2D eigenvalue weighted by molar-refractivity contribution is 6.06. The normalized spacial score (nSPS) is 10.5. The summed E-state index contributed by atoms with van der Waals surface area (Å²) in [4.78, 5) is 24.0. The highest BCUT2D eigenvalue weighted by Gasteiger charge is 2.12. The van der Waals surface area contributed by atoms with Gasteiger partial charge < -0.3 is 14.8 Å². The lowest BCUT2D eigenvalue weighted by molar-refractivity contribution is -0.111. The molecule has 1 N–H and O–H groups in total. The Kier molecular flexibility index (Phi) is 6.77. The summed E-state index contributed by atoms with van der Waals surface area (Å²) in [7, 11) is 0. The summed E-state index contributed by atoms with van der Waals surface area (Å²) in [5, 5.41) is 2.70. The molecule has 0 spiro atoms. The Labute approximate surface area is 147 Å². The molecule has 0 aromatic heterocycles. The number of nitrogens with one attached hydrogen (secondary N) is 1. The molecular weight excluding hydrogens is 318 g/mol. The van der Waals surface area contributed by atoms with E-state index in [2.05, 4.69) is 5.32 Å². The van der Waals surface area contributed by atoms with Crippen LogP contribution in [0.2, 0.25) is 0 Å². The first kappa shape index (κ1) is 18.3. The van der Waals surface area contributed by atoms with Crippen LogP contribution in [0.5, 0.6) is 5.75 Å². The van der Waals surface area contributed by atoms with Gasteiger partial charge in [0.2, 0.25) is 5.91 Å². The lowest BCUT2D eigenvalue weighted by Crippen LogP contribution is -2.13. The van der Waals surface area contributed by atoms with Crippen LogP contribution in [0.15, 0.2) is 54.6 Å². The van der Waals surface area contributed by atoms with Crippen LogP contribution in [0.1, 0.15) is 29.8 Å². The number of benzene rings is 2. The maximum Gasteiger partial charge on any atom is 0.340 e. The maximum atomic E-state index is 12.1. The van der Waals surface area contributed by atoms with Crippen molar-refractivity contribution in [2.75, 3.05) is 18.5 Å². The Balaban J connectivity index is 2.04. The fourth-order valence-corrected chi connectivity index (χ4v) is 2.17. The Hall–Kier alpha value is -3.08. The van der Waals surface area contributed by atoms with Gasteiger partial charge in [-0.1, -0.05) is 24.3 Å². The number of hydrogen-bond donors (Lipinski definition) is 1. The zero-order valence-electron chi connectivity index (χ0n) is 14.3. The van der Waals surface area contributed by atoms with E-state index in [1.165, 1.54) is 6.08 Å². The monoisotopic (exact) mass is 339 g/mol. The molecule has 0 fully saturated rings. The molecule has 0 aliphatic carbocycles. The molecule has 0 unspecified atom stereocenters. The predicted octanol–water partition coefficient (Wildman–Crippen LogP) is 3.91. The van der Waals surface area contributed by atoms with Gasteiger partial charge in [0, 0.05) is 6.08 Å². The van der Waals surface area contributed by atoms with E-state index in [1.807, 2.05) is 31.2 Å². The van der Waals surface area contributed by atoms with Crippen molar-refractivity contribution in [3.05, 3.63) is 65.7 Å². The second-order valence-corrected chi connectivity index (χ2v) is 5.09. The van der Waals surface area contributed by atoms with E-state index < -0.39 is 5.97 Å². The zero-order valence-corrected chi connectivity index (χ0v) is 14.3. The van der Waals surface area contributed by atoms with Crippen molar-refractivity contribution in [3.8, 4) is 5.75 Å². The van der Waals surface area contributed by atoms with Crippen LogP contribution in [-0.4, -0.2) is 25.1 Å². The van der Waals surface area contributed by atoms with Crippen molar-refractivity contribution < 1.29 is 19.1 Å². The van der Waals surface area contributed by atoms with Gasteiger partial charge in [-0.2, -0.15) is 0 Å². The summed E-state index contributed by atoms with van der Waals surface area (Å²) < 4.78 is 10.4. The molecule has 5 nitrogen and oxygen atoms in total. The number of para-hydroxylation sites is 1. The van der Waals surface area contributed by atoms with Crippen LogP contribution in [0.3, 0.4) is 0 Å². The third-order valence-electron chi connectivity index (χ3n) is 3.30. The quantitative estimate of drug-likeness (QED) is 0.613. The average Bonchev–Trinajstić information content (AvgIpc) is 2.62. The molecule has 0 saturated carbocycles. The summed E-state index contributed by atoms with van der Waals surface area (Å²) in [6.45, 7) is 4.54. The van der Waals surface area contributed by atoms with Gasteiger partial charge in [0.25, 0.3) is 0 Å². The molecule has 2 aromatic carbocycles. The third kappa shape index (κ3) is 5.49. The zero-order chi connectivity index (χ0) is 18.1. The summed E-state index contributed by atoms with van der Waals surface area (Å²) in [5.74, 6) is -0.00742. The number of amides is 1. The van der Waals surface area contributed by atoms with E-state index in [4.69, 9.17) is 9.47 Å². The molecule has 25 heavy (non-hydrogen) atoms. The number of hydrogen-bond acceptors (Lipinski definition) is 4. The van der Waals surface area contributed by atoms with Crippen molar-refractivity contribution in [2.24, 2.45) is 0 Å². The summed E-state index contributed by atoms with van der Waals surface area (Å²) in [5.41, 5.74) is 1.62. The van der Waals surface area contributed by atoms with Gasteiger partial charge in [-0.15, -0.1) is 0 Å². The summed E-state index contributed by atoms with van der Waals surface area (Å²) >= 11 is 0. The number of anilines is 1. The van der Waals surface area contributed by atoms with Crippen molar-refractivity contribution in [1.29, 1.82) is 0 Å². The first-order valence-electron chi connectivity index (χ1n) is 8.12. The predicted molar refractivity (Wildman–Crippen MR) is 97.7 cm³/mol. The Bertz CT molecular complexity index is 751. The molecule has 2 rings (SSSR count). The van der Waals surface area contributed by atoms with Crippen LogP contribution in [0, 0.1) is 0 Å². The topological polar surface area (TPSA) is 64.6 Å². The molecule has 0 aliphatic rings. The molecule has 5 heteroatoms. The molecule has 130 valence electrons. The van der Waals surface area contributed by atoms with Crippen molar-refractivity contribution in [2.45, 2.75) is 13.8 Å². The van der Waals surface area contributed by atoms with E-state index in [-0.39, 0.29) is 12.5 Å². The standard InChI is InChI=1S/C20H21NO4/c1-3-24-16-12-9-15(10-13-16)11-14-19(22)21-18-8-6-5-7-17(18)20(23)25-4-2/h5-14H,3-4H2,1-2H3,(H,21,22). The summed E-state index contributed by atoms with van der Waals surface area (Å²) in [6.07, 6.45) is 3.11. The minimum absolute atomic E-state index is 0.277. The lowest BCUT2D eigenvalue weighted by atomic mass is 10.1. The van der Waals surface area contributed by atoms with E-state index in [1.54, 1.807) is 37.3 Å². The van der Waals surface area contributed by atoms with Gasteiger partial charge >= 0.3 is 5.97 Å². The van der Waals surface area contributed by atoms with Gasteiger partial charge in [-0.25, -0.2) is 4.79 Å². The number of ether oxygens (including phenoxy) is 2. The highest BCUT2D eigenvalue weighted by atomic mass is 16.5. The van der Waals surface area contributed by atoms with Crippen LogP contribution in [0.25, 0.3) is 6.08 Å². The van der Waals surface area contributed by atoms with Gasteiger partial charge in [-0.05, 0) is 49.8 Å².